The minimum atomic E-state index is -0.356. The molecule has 0 spiro atoms. The zero-order chi connectivity index (χ0) is 22.5. The van der Waals surface area contributed by atoms with Crippen LogP contribution < -0.4 is 5.32 Å². The van der Waals surface area contributed by atoms with Crippen molar-refractivity contribution >= 4 is 29.3 Å². The first kappa shape index (κ1) is 22.1. The van der Waals surface area contributed by atoms with E-state index in [1.54, 1.807) is 0 Å². The summed E-state index contributed by atoms with van der Waals surface area (Å²) in [7, 11) is 1.90. The van der Waals surface area contributed by atoms with Crippen LogP contribution in [0.1, 0.15) is 24.1 Å². The van der Waals surface area contributed by atoms with Gasteiger partial charge < -0.3 is 9.88 Å². The molecule has 5 nitrogen and oxygen atoms in total. The van der Waals surface area contributed by atoms with Gasteiger partial charge in [-0.2, -0.15) is 0 Å². The number of carbonyl (C=O) groups is 1. The van der Waals surface area contributed by atoms with Crippen LogP contribution in [0.25, 0.3) is 11.4 Å². The average molecular weight is 463 g/mol. The molecule has 1 unspecified atom stereocenters. The average Bonchev–Trinajstić information content (AvgIpc) is 3.18. The quantitative estimate of drug-likeness (QED) is 0.367. The number of amides is 1. The molecule has 0 aliphatic rings. The molecule has 32 heavy (non-hydrogen) atoms. The number of rotatable bonds is 7. The van der Waals surface area contributed by atoms with Gasteiger partial charge in [-0.15, -0.1) is 10.2 Å². The third-order valence-corrected chi connectivity index (χ3v) is 6.53. The van der Waals surface area contributed by atoms with E-state index in [0.29, 0.717) is 10.2 Å². The molecular formula is C25H23ClN4OS. The Hall–Kier alpha value is -3.09. The summed E-state index contributed by atoms with van der Waals surface area (Å²) >= 11 is 7.37. The van der Waals surface area contributed by atoms with Crippen LogP contribution >= 0.6 is 23.4 Å². The highest BCUT2D eigenvalue weighted by Gasteiger charge is 2.23. The number of benzene rings is 3. The van der Waals surface area contributed by atoms with Gasteiger partial charge in [0.15, 0.2) is 11.0 Å². The lowest BCUT2D eigenvalue weighted by molar-refractivity contribution is -0.120. The molecule has 3 aromatic carbocycles. The van der Waals surface area contributed by atoms with E-state index in [1.807, 2.05) is 103 Å². The van der Waals surface area contributed by atoms with Crippen molar-refractivity contribution in [2.45, 2.75) is 23.4 Å². The number of hydrogen-bond acceptors (Lipinski definition) is 4. The van der Waals surface area contributed by atoms with E-state index in [2.05, 4.69) is 15.5 Å². The SMILES string of the molecule is CC(Sc1nnc(-c2ccc(Cl)cc2)n1C)C(=O)NC(c1ccccc1)c1ccccc1. The molecule has 0 aliphatic carbocycles. The van der Waals surface area contributed by atoms with Crippen molar-refractivity contribution < 1.29 is 4.79 Å². The van der Waals surface area contributed by atoms with Gasteiger partial charge in [0.2, 0.25) is 5.91 Å². The Kier molecular flexibility index (Phi) is 6.93. The first-order chi connectivity index (χ1) is 15.5. The third kappa shape index (κ3) is 5.03. The van der Waals surface area contributed by atoms with Crippen LogP contribution in [-0.2, 0) is 11.8 Å². The van der Waals surface area contributed by atoms with Crippen molar-refractivity contribution in [3.8, 4) is 11.4 Å². The maximum absolute atomic E-state index is 13.1. The van der Waals surface area contributed by atoms with E-state index in [4.69, 9.17) is 11.6 Å². The number of nitrogens with one attached hydrogen (secondary N) is 1. The predicted molar refractivity (Wildman–Crippen MR) is 130 cm³/mol. The van der Waals surface area contributed by atoms with E-state index in [1.165, 1.54) is 11.8 Å². The zero-order valence-electron chi connectivity index (χ0n) is 17.8. The van der Waals surface area contributed by atoms with Crippen LogP contribution in [-0.4, -0.2) is 25.9 Å². The Morgan fingerprint density at radius 1 is 0.906 bits per heavy atom. The number of halogens is 1. The summed E-state index contributed by atoms with van der Waals surface area (Å²) in [5.41, 5.74) is 2.99. The van der Waals surface area contributed by atoms with E-state index < -0.39 is 0 Å². The molecule has 0 aliphatic heterocycles. The smallest absolute Gasteiger partial charge is 0.234 e. The van der Waals surface area contributed by atoms with E-state index in [9.17, 15) is 4.79 Å². The standard InChI is InChI=1S/C25H23ClN4OS/c1-17(32-25-29-28-23(30(25)2)20-13-15-21(26)16-14-20)24(31)27-22(18-9-5-3-6-10-18)19-11-7-4-8-12-19/h3-17,22H,1-2H3,(H,27,31). The highest BCUT2D eigenvalue weighted by atomic mass is 35.5. The molecule has 0 saturated heterocycles. The first-order valence-electron chi connectivity index (χ1n) is 10.2. The second-order valence-corrected chi connectivity index (χ2v) is 9.14. The molecule has 4 aromatic rings. The molecule has 1 atom stereocenters. The maximum atomic E-state index is 13.1. The fourth-order valence-corrected chi connectivity index (χ4v) is 4.34. The van der Waals surface area contributed by atoms with Crippen LogP contribution in [0, 0.1) is 0 Å². The van der Waals surface area contributed by atoms with Crippen LogP contribution in [0.3, 0.4) is 0 Å². The van der Waals surface area contributed by atoms with Crippen molar-refractivity contribution in [1.82, 2.24) is 20.1 Å². The normalized spacial score (nSPS) is 12.0. The van der Waals surface area contributed by atoms with Crippen molar-refractivity contribution in [3.63, 3.8) is 0 Å². The molecule has 4 rings (SSSR count). The molecule has 1 aromatic heterocycles. The Labute approximate surface area is 196 Å². The van der Waals surface area contributed by atoms with Crippen LogP contribution in [0.15, 0.2) is 90.1 Å². The lowest BCUT2D eigenvalue weighted by atomic mass is 9.98. The Balaban J connectivity index is 1.50. The summed E-state index contributed by atoms with van der Waals surface area (Å²) in [6, 6.07) is 27.2. The first-order valence-corrected chi connectivity index (χ1v) is 11.5. The second kappa shape index (κ2) is 10.0. The molecule has 7 heteroatoms. The van der Waals surface area contributed by atoms with Crippen molar-refractivity contribution in [3.05, 3.63) is 101 Å². The summed E-state index contributed by atoms with van der Waals surface area (Å²) in [6.45, 7) is 1.88. The van der Waals surface area contributed by atoms with Gasteiger partial charge in [-0.1, -0.05) is 84.0 Å². The summed E-state index contributed by atoms with van der Waals surface area (Å²) in [5, 5.41) is 12.8. The molecular weight excluding hydrogens is 440 g/mol. The number of hydrogen-bond donors (Lipinski definition) is 1. The van der Waals surface area contributed by atoms with E-state index >= 15 is 0 Å². The molecule has 1 N–H and O–H groups in total. The topological polar surface area (TPSA) is 59.8 Å². The Bertz CT molecular complexity index is 1140. The lowest BCUT2D eigenvalue weighted by Gasteiger charge is -2.22. The van der Waals surface area contributed by atoms with Gasteiger partial charge in [-0.05, 0) is 42.3 Å². The minimum absolute atomic E-state index is 0.0660. The van der Waals surface area contributed by atoms with E-state index in [0.717, 1.165) is 22.5 Å². The minimum Gasteiger partial charge on any atom is -0.344 e. The number of nitrogens with zero attached hydrogens (tertiary/aromatic N) is 3. The molecule has 162 valence electrons. The fourth-order valence-electron chi connectivity index (χ4n) is 3.39. The van der Waals surface area contributed by atoms with Crippen molar-refractivity contribution in [2.75, 3.05) is 0 Å². The van der Waals surface area contributed by atoms with Crippen molar-refractivity contribution in [2.24, 2.45) is 7.05 Å². The van der Waals surface area contributed by atoms with Gasteiger partial charge in [0.1, 0.15) is 0 Å². The van der Waals surface area contributed by atoms with Crippen molar-refractivity contribution in [1.29, 1.82) is 0 Å². The predicted octanol–water partition coefficient (Wildman–Crippen LogP) is 5.52. The molecule has 0 bridgehead atoms. The van der Waals surface area contributed by atoms with Gasteiger partial charge in [0, 0.05) is 17.6 Å². The van der Waals surface area contributed by atoms with Gasteiger partial charge >= 0.3 is 0 Å². The maximum Gasteiger partial charge on any atom is 0.234 e. The highest BCUT2D eigenvalue weighted by Crippen LogP contribution is 2.28. The van der Waals surface area contributed by atoms with Crippen LogP contribution in [0.5, 0.6) is 0 Å². The van der Waals surface area contributed by atoms with Gasteiger partial charge in [-0.3, -0.25) is 4.79 Å². The largest absolute Gasteiger partial charge is 0.344 e. The fraction of sp³-hybridized carbons (Fsp3) is 0.160. The van der Waals surface area contributed by atoms with E-state index in [-0.39, 0.29) is 17.2 Å². The second-order valence-electron chi connectivity index (χ2n) is 7.40. The highest BCUT2D eigenvalue weighted by molar-refractivity contribution is 8.00. The third-order valence-electron chi connectivity index (χ3n) is 5.14. The Morgan fingerprint density at radius 2 is 1.47 bits per heavy atom. The number of carbonyl (C=O) groups excluding carboxylic acids is 1. The number of thioether (sulfide) groups is 1. The molecule has 1 heterocycles. The molecule has 0 fully saturated rings. The van der Waals surface area contributed by atoms with Crippen LogP contribution in [0.4, 0.5) is 0 Å². The number of aromatic nitrogens is 3. The van der Waals surface area contributed by atoms with Gasteiger partial charge in [0.05, 0.1) is 11.3 Å². The van der Waals surface area contributed by atoms with Crippen LogP contribution in [0.2, 0.25) is 5.02 Å². The van der Waals surface area contributed by atoms with Gasteiger partial charge in [0.25, 0.3) is 0 Å². The molecule has 0 radical (unpaired) electrons. The Morgan fingerprint density at radius 3 is 2.03 bits per heavy atom. The summed E-state index contributed by atoms with van der Waals surface area (Å²) in [5.74, 6) is 0.659. The summed E-state index contributed by atoms with van der Waals surface area (Å²) in [4.78, 5) is 13.1. The zero-order valence-corrected chi connectivity index (χ0v) is 19.3. The molecule has 0 saturated carbocycles. The van der Waals surface area contributed by atoms with Gasteiger partial charge in [-0.25, -0.2) is 0 Å². The summed E-state index contributed by atoms with van der Waals surface area (Å²) < 4.78 is 1.89. The lowest BCUT2D eigenvalue weighted by Crippen LogP contribution is -2.35. The molecule has 1 amide bonds. The summed E-state index contributed by atoms with van der Waals surface area (Å²) in [6.07, 6.45) is 0. The monoisotopic (exact) mass is 462 g/mol.